The van der Waals surface area contributed by atoms with Gasteiger partial charge in [-0.25, -0.2) is 0 Å². The lowest BCUT2D eigenvalue weighted by Gasteiger charge is -2.30. The summed E-state index contributed by atoms with van der Waals surface area (Å²) >= 11 is 0. The maximum Gasteiger partial charge on any atom is 0.261 e. The van der Waals surface area contributed by atoms with Gasteiger partial charge in [0.15, 0.2) is 5.78 Å². The van der Waals surface area contributed by atoms with Gasteiger partial charge >= 0.3 is 0 Å². The Morgan fingerprint density at radius 3 is 2.61 bits per heavy atom. The van der Waals surface area contributed by atoms with Crippen LogP contribution < -0.4 is 15.0 Å². The van der Waals surface area contributed by atoms with Crippen LogP contribution in [0.1, 0.15) is 71.1 Å². The summed E-state index contributed by atoms with van der Waals surface area (Å²) in [6.07, 6.45) is 2.59. The van der Waals surface area contributed by atoms with E-state index >= 15 is 0 Å². The first-order valence-electron chi connectivity index (χ1n) is 10.6. The van der Waals surface area contributed by atoms with Crippen molar-refractivity contribution in [1.82, 2.24) is 9.88 Å². The summed E-state index contributed by atoms with van der Waals surface area (Å²) in [5.41, 5.74) is 1.33. The van der Waals surface area contributed by atoms with Crippen LogP contribution in [-0.4, -0.2) is 42.3 Å². The molecular weight excluding hydrogens is 396 g/mol. The number of nitrogens with one attached hydrogen (secondary N) is 1. The zero-order valence-corrected chi connectivity index (χ0v) is 18.4. The van der Waals surface area contributed by atoms with Crippen LogP contribution in [0.15, 0.2) is 29.1 Å². The monoisotopic (exact) mass is 424 g/mol. The molecular formula is C24H28N2O5. The van der Waals surface area contributed by atoms with E-state index in [2.05, 4.69) is 4.98 Å². The minimum atomic E-state index is -0.443. The van der Waals surface area contributed by atoms with E-state index in [1.54, 1.807) is 25.2 Å². The first-order valence-corrected chi connectivity index (χ1v) is 10.6. The van der Waals surface area contributed by atoms with Gasteiger partial charge in [-0.2, -0.15) is 0 Å². The molecule has 1 saturated heterocycles. The largest absolute Gasteiger partial charge is 0.497 e. The zero-order chi connectivity index (χ0) is 22.3. The molecule has 2 aromatic rings. The number of carbonyl (C=O) groups is 2. The molecule has 7 nitrogen and oxygen atoms in total. The van der Waals surface area contributed by atoms with Crippen molar-refractivity contribution in [2.24, 2.45) is 5.41 Å². The van der Waals surface area contributed by atoms with Gasteiger partial charge in [0.25, 0.3) is 11.5 Å². The summed E-state index contributed by atoms with van der Waals surface area (Å²) in [5.74, 6) is 0.915. The standard InChI is InChI=1S/C24H28N2O5/c1-24(2)12-18-16(20(27)13-24)11-17(22(28)25-18)23(29)26-9-5-6-19(26)15-8-7-14(30-3)10-21(15)31-4/h7-8,10-11,19H,5-6,9,12-13H2,1-4H3,(H,25,28). The number of nitrogens with zero attached hydrogens (tertiary/aromatic N) is 1. The van der Waals surface area contributed by atoms with Crippen molar-refractivity contribution in [3.05, 3.63) is 57.0 Å². The number of amides is 1. The van der Waals surface area contributed by atoms with Gasteiger partial charge in [-0.15, -0.1) is 0 Å². The summed E-state index contributed by atoms with van der Waals surface area (Å²) in [4.78, 5) is 43.4. The van der Waals surface area contributed by atoms with Crippen LogP contribution in [0.25, 0.3) is 0 Å². The third kappa shape index (κ3) is 3.84. The van der Waals surface area contributed by atoms with E-state index in [-0.39, 0.29) is 28.7 Å². The molecule has 7 heteroatoms. The van der Waals surface area contributed by atoms with Crippen LogP contribution in [0.5, 0.6) is 11.5 Å². The number of aromatic amines is 1. The van der Waals surface area contributed by atoms with E-state index in [9.17, 15) is 14.4 Å². The van der Waals surface area contributed by atoms with E-state index in [4.69, 9.17) is 9.47 Å². The summed E-state index contributed by atoms with van der Waals surface area (Å²) in [5, 5.41) is 0. The Bertz CT molecular complexity index is 1100. The van der Waals surface area contributed by atoms with Crippen molar-refractivity contribution in [2.45, 2.75) is 45.6 Å². The van der Waals surface area contributed by atoms with Gasteiger partial charge in [0.1, 0.15) is 17.1 Å². The normalized spacial score (nSPS) is 19.8. The molecule has 1 atom stereocenters. The van der Waals surface area contributed by atoms with Crippen LogP contribution in [-0.2, 0) is 6.42 Å². The molecule has 1 aromatic carbocycles. The molecule has 164 valence electrons. The Kier molecular flexibility index (Phi) is 5.37. The first kappa shape index (κ1) is 21.2. The topological polar surface area (TPSA) is 88.7 Å². The minimum absolute atomic E-state index is 0.0196. The van der Waals surface area contributed by atoms with Gasteiger partial charge in [-0.3, -0.25) is 14.4 Å². The number of pyridine rings is 1. The minimum Gasteiger partial charge on any atom is -0.497 e. The van der Waals surface area contributed by atoms with Crippen molar-refractivity contribution in [3.8, 4) is 11.5 Å². The van der Waals surface area contributed by atoms with Gasteiger partial charge in [-0.1, -0.05) is 13.8 Å². The second kappa shape index (κ2) is 7.87. The fourth-order valence-corrected chi connectivity index (χ4v) is 4.77. The Hall–Kier alpha value is -3.09. The van der Waals surface area contributed by atoms with E-state index in [1.165, 1.54) is 6.07 Å². The van der Waals surface area contributed by atoms with Gasteiger partial charge in [-0.05, 0) is 42.9 Å². The molecule has 2 heterocycles. The Morgan fingerprint density at radius 2 is 1.90 bits per heavy atom. The number of aromatic nitrogens is 1. The number of methoxy groups -OCH3 is 2. The lowest BCUT2D eigenvalue weighted by atomic mass is 9.75. The third-order valence-corrected chi connectivity index (χ3v) is 6.26. The third-order valence-electron chi connectivity index (χ3n) is 6.26. The van der Waals surface area contributed by atoms with Crippen LogP contribution in [0, 0.1) is 5.41 Å². The SMILES string of the molecule is COc1ccc(C2CCCN2C(=O)c2cc3c([nH]c2=O)CC(C)(C)CC3=O)c(OC)c1. The lowest BCUT2D eigenvalue weighted by molar-refractivity contribution is 0.0732. The smallest absolute Gasteiger partial charge is 0.261 e. The predicted molar refractivity (Wildman–Crippen MR) is 116 cm³/mol. The number of carbonyl (C=O) groups excluding carboxylic acids is 2. The number of ketones is 1. The second-order valence-corrected chi connectivity index (χ2v) is 9.11. The number of H-pyrrole nitrogens is 1. The molecule has 1 N–H and O–H groups in total. The number of benzene rings is 1. The highest BCUT2D eigenvalue weighted by atomic mass is 16.5. The highest BCUT2D eigenvalue weighted by Crippen LogP contribution is 2.39. The molecule has 0 spiro atoms. The van der Waals surface area contributed by atoms with Crippen molar-refractivity contribution in [2.75, 3.05) is 20.8 Å². The van der Waals surface area contributed by atoms with E-state index in [1.807, 2.05) is 26.0 Å². The highest BCUT2D eigenvalue weighted by Gasteiger charge is 2.36. The van der Waals surface area contributed by atoms with Gasteiger partial charge in [0.05, 0.1) is 20.3 Å². The fraction of sp³-hybridized carbons (Fsp3) is 0.458. The number of hydrogen-bond donors (Lipinski definition) is 1. The average Bonchev–Trinajstić information content (AvgIpc) is 3.21. The highest BCUT2D eigenvalue weighted by molar-refractivity contribution is 6.02. The summed E-state index contributed by atoms with van der Waals surface area (Å²) in [6, 6.07) is 6.82. The summed E-state index contributed by atoms with van der Waals surface area (Å²) in [7, 11) is 3.17. The van der Waals surface area contributed by atoms with Crippen molar-refractivity contribution >= 4 is 11.7 Å². The average molecular weight is 424 g/mol. The second-order valence-electron chi connectivity index (χ2n) is 9.11. The van der Waals surface area contributed by atoms with Crippen LogP contribution in [0.4, 0.5) is 0 Å². The number of ether oxygens (including phenoxy) is 2. The quantitative estimate of drug-likeness (QED) is 0.811. The molecule has 1 aromatic heterocycles. The van der Waals surface area contributed by atoms with Gasteiger partial charge in [0, 0.05) is 35.9 Å². The molecule has 1 unspecified atom stereocenters. The maximum atomic E-state index is 13.4. The molecule has 0 saturated carbocycles. The number of Topliss-reactive ketones (excluding diaryl/α,β-unsaturated/α-hetero) is 1. The van der Waals surface area contributed by atoms with Crippen LogP contribution in [0.2, 0.25) is 0 Å². The number of rotatable bonds is 4. The van der Waals surface area contributed by atoms with Crippen LogP contribution >= 0.6 is 0 Å². The molecule has 0 radical (unpaired) electrons. The lowest BCUT2D eigenvalue weighted by Crippen LogP contribution is -2.37. The van der Waals surface area contributed by atoms with Crippen molar-refractivity contribution in [3.63, 3.8) is 0 Å². The molecule has 1 amide bonds. The summed E-state index contributed by atoms with van der Waals surface area (Å²) < 4.78 is 10.8. The Morgan fingerprint density at radius 1 is 1.13 bits per heavy atom. The zero-order valence-electron chi connectivity index (χ0n) is 18.4. The molecule has 1 aliphatic carbocycles. The fourth-order valence-electron chi connectivity index (χ4n) is 4.77. The first-order chi connectivity index (χ1) is 14.7. The van der Waals surface area contributed by atoms with Crippen molar-refractivity contribution < 1.29 is 19.1 Å². The molecule has 2 aliphatic rings. The number of likely N-dealkylation sites (tertiary alicyclic amines) is 1. The van der Waals surface area contributed by atoms with E-state index in [0.29, 0.717) is 42.1 Å². The molecule has 0 bridgehead atoms. The molecule has 1 fully saturated rings. The Balaban J connectivity index is 1.69. The molecule has 31 heavy (non-hydrogen) atoms. The molecule has 1 aliphatic heterocycles. The maximum absolute atomic E-state index is 13.4. The number of fused-ring (bicyclic) bond motifs is 1. The van der Waals surface area contributed by atoms with E-state index < -0.39 is 5.56 Å². The number of hydrogen-bond acceptors (Lipinski definition) is 5. The van der Waals surface area contributed by atoms with Gasteiger partial charge in [0.2, 0.25) is 0 Å². The van der Waals surface area contributed by atoms with Gasteiger partial charge < -0.3 is 19.4 Å². The predicted octanol–water partition coefficient (Wildman–Crippen LogP) is 3.52. The Labute approximate surface area is 181 Å². The summed E-state index contributed by atoms with van der Waals surface area (Å²) in [6.45, 7) is 4.54. The van der Waals surface area contributed by atoms with E-state index in [0.717, 1.165) is 18.4 Å². The molecule has 4 rings (SSSR count). The van der Waals surface area contributed by atoms with Crippen LogP contribution in [0.3, 0.4) is 0 Å². The van der Waals surface area contributed by atoms with Crippen molar-refractivity contribution in [1.29, 1.82) is 0 Å².